The summed E-state index contributed by atoms with van der Waals surface area (Å²) in [5, 5.41) is 6.28. The summed E-state index contributed by atoms with van der Waals surface area (Å²) in [5.74, 6) is -0.0701. The van der Waals surface area contributed by atoms with E-state index in [1.54, 1.807) is 29.9 Å². The topological polar surface area (TPSA) is 80.2 Å². The van der Waals surface area contributed by atoms with Crippen LogP contribution in [0.2, 0.25) is 0 Å². The first-order valence-corrected chi connectivity index (χ1v) is 8.89. The van der Waals surface area contributed by atoms with Gasteiger partial charge in [-0.05, 0) is 13.3 Å². The molecule has 8 heteroatoms. The Morgan fingerprint density at radius 3 is 3.08 bits per heavy atom. The summed E-state index contributed by atoms with van der Waals surface area (Å²) in [6.07, 6.45) is 6.70. The van der Waals surface area contributed by atoms with Crippen LogP contribution in [-0.2, 0) is 4.74 Å². The first kappa shape index (κ1) is 15.5. The van der Waals surface area contributed by atoms with Gasteiger partial charge in [-0.1, -0.05) is 0 Å². The number of aromatic nitrogens is 3. The van der Waals surface area contributed by atoms with Crippen molar-refractivity contribution in [2.75, 3.05) is 25.0 Å². The Kier molecular flexibility index (Phi) is 3.93. The van der Waals surface area contributed by atoms with Gasteiger partial charge in [0.2, 0.25) is 0 Å². The Bertz CT molecular complexity index is 721. The van der Waals surface area contributed by atoms with Gasteiger partial charge < -0.3 is 15.0 Å². The van der Waals surface area contributed by atoms with Crippen LogP contribution in [0.25, 0.3) is 0 Å². The van der Waals surface area contributed by atoms with Gasteiger partial charge in [-0.25, -0.2) is 9.97 Å². The molecule has 2 aliphatic rings. The number of ether oxygens (including phenoxy) is 1. The molecule has 1 amide bonds. The van der Waals surface area contributed by atoms with Gasteiger partial charge in [-0.15, -0.1) is 11.3 Å². The summed E-state index contributed by atoms with van der Waals surface area (Å²) in [7, 11) is 0. The van der Waals surface area contributed by atoms with Crippen molar-refractivity contribution in [3.8, 4) is 0 Å². The molecule has 1 spiro atoms. The zero-order chi connectivity index (χ0) is 16.6. The standard InChI is InChI=1S/C16H19N5O2S/c1-11-7-19-13(8-18-11)14(22)21-4-2-16(10-21)6-12(9-23-16)20-15-17-3-5-24-15/h3,5,7-8,12H,2,4,6,9-10H2,1H3,(H,17,20). The van der Waals surface area contributed by atoms with Crippen molar-refractivity contribution in [2.24, 2.45) is 0 Å². The first-order chi connectivity index (χ1) is 11.6. The number of hydrogen-bond donors (Lipinski definition) is 1. The van der Waals surface area contributed by atoms with Crippen molar-refractivity contribution in [3.05, 3.63) is 35.4 Å². The Morgan fingerprint density at radius 1 is 1.42 bits per heavy atom. The van der Waals surface area contributed by atoms with E-state index in [4.69, 9.17) is 4.74 Å². The Morgan fingerprint density at radius 2 is 2.33 bits per heavy atom. The predicted molar refractivity (Wildman–Crippen MR) is 90.1 cm³/mol. The molecule has 1 N–H and O–H groups in total. The molecule has 0 radical (unpaired) electrons. The molecule has 0 saturated carbocycles. The van der Waals surface area contributed by atoms with Crippen molar-refractivity contribution < 1.29 is 9.53 Å². The van der Waals surface area contributed by atoms with Crippen LogP contribution in [0.3, 0.4) is 0 Å². The molecule has 4 heterocycles. The fraction of sp³-hybridized carbons (Fsp3) is 0.500. The molecule has 7 nitrogen and oxygen atoms in total. The van der Waals surface area contributed by atoms with Crippen LogP contribution in [0, 0.1) is 6.92 Å². The van der Waals surface area contributed by atoms with E-state index in [9.17, 15) is 4.79 Å². The van der Waals surface area contributed by atoms with Gasteiger partial charge >= 0.3 is 0 Å². The fourth-order valence-electron chi connectivity index (χ4n) is 3.37. The molecule has 2 fully saturated rings. The summed E-state index contributed by atoms with van der Waals surface area (Å²) in [6, 6.07) is 0.241. The van der Waals surface area contributed by atoms with Crippen molar-refractivity contribution in [1.82, 2.24) is 19.9 Å². The minimum absolute atomic E-state index is 0.0701. The van der Waals surface area contributed by atoms with Crippen LogP contribution in [0.4, 0.5) is 5.13 Å². The molecule has 0 bridgehead atoms. The van der Waals surface area contributed by atoms with E-state index in [1.165, 1.54) is 0 Å². The summed E-state index contributed by atoms with van der Waals surface area (Å²) >= 11 is 1.59. The Balaban J connectivity index is 1.39. The van der Waals surface area contributed by atoms with E-state index >= 15 is 0 Å². The summed E-state index contributed by atoms with van der Waals surface area (Å²) in [6.45, 7) is 3.80. The van der Waals surface area contributed by atoms with Crippen molar-refractivity contribution >= 4 is 22.4 Å². The van der Waals surface area contributed by atoms with Crippen molar-refractivity contribution in [3.63, 3.8) is 0 Å². The lowest BCUT2D eigenvalue weighted by Gasteiger charge is -2.23. The van der Waals surface area contributed by atoms with Gasteiger partial charge in [0.25, 0.3) is 5.91 Å². The number of nitrogens with one attached hydrogen (secondary N) is 1. The van der Waals surface area contributed by atoms with E-state index in [2.05, 4.69) is 20.3 Å². The third kappa shape index (κ3) is 2.99. The third-order valence-corrected chi connectivity index (χ3v) is 5.28. The Hall–Kier alpha value is -2.06. The molecule has 126 valence electrons. The lowest BCUT2D eigenvalue weighted by atomic mass is 9.97. The molecule has 4 rings (SSSR count). The number of likely N-dealkylation sites (tertiary alicyclic amines) is 1. The quantitative estimate of drug-likeness (QED) is 0.912. The first-order valence-electron chi connectivity index (χ1n) is 8.01. The molecule has 2 atom stereocenters. The van der Waals surface area contributed by atoms with Crippen molar-refractivity contribution in [2.45, 2.75) is 31.4 Å². The smallest absolute Gasteiger partial charge is 0.274 e. The maximum Gasteiger partial charge on any atom is 0.274 e. The van der Waals surface area contributed by atoms with Gasteiger partial charge in [-0.2, -0.15) is 0 Å². The average Bonchev–Trinajstić information content (AvgIpc) is 3.31. The molecular formula is C16H19N5O2S. The molecule has 2 aromatic heterocycles. The highest BCUT2D eigenvalue weighted by Gasteiger charge is 2.47. The molecule has 0 aromatic carbocycles. The van der Waals surface area contributed by atoms with E-state index < -0.39 is 0 Å². The lowest BCUT2D eigenvalue weighted by Crippen LogP contribution is -2.36. The number of nitrogens with zero attached hydrogens (tertiary/aromatic N) is 4. The van der Waals surface area contributed by atoms with Gasteiger partial charge in [0.1, 0.15) is 5.69 Å². The molecule has 24 heavy (non-hydrogen) atoms. The highest BCUT2D eigenvalue weighted by atomic mass is 32.1. The molecule has 0 aliphatic carbocycles. The number of hydrogen-bond acceptors (Lipinski definition) is 7. The largest absolute Gasteiger partial charge is 0.371 e. The number of carbonyl (C=O) groups excluding carboxylic acids is 1. The number of thiazole rings is 1. The fourth-order valence-corrected chi connectivity index (χ4v) is 3.98. The Labute approximate surface area is 144 Å². The van der Waals surface area contributed by atoms with Crippen LogP contribution in [0.15, 0.2) is 24.0 Å². The minimum atomic E-state index is -0.247. The number of aryl methyl sites for hydroxylation is 1. The molecule has 2 saturated heterocycles. The van der Waals surface area contributed by atoms with E-state index in [1.807, 2.05) is 17.2 Å². The average molecular weight is 345 g/mol. The SMILES string of the molecule is Cc1cnc(C(=O)N2CCC3(CC(Nc4nccs4)CO3)C2)cn1. The van der Waals surface area contributed by atoms with Crippen LogP contribution in [-0.4, -0.2) is 57.1 Å². The molecule has 2 unspecified atom stereocenters. The van der Waals surface area contributed by atoms with Gasteiger partial charge in [0, 0.05) is 30.7 Å². The van der Waals surface area contributed by atoms with E-state index in [-0.39, 0.29) is 17.6 Å². The van der Waals surface area contributed by atoms with Crippen LogP contribution in [0.1, 0.15) is 29.0 Å². The molecule has 2 aromatic rings. The van der Waals surface area contributed by atoms with Gasteiger partial charge in [0.05, 0.1) is 36.7 Å². The second kappa shape index (κ2) is 6.10. The lowest BCUT2D eigenvalue weighted by molar-refractivity contribution is 0.0124. The van der Waals surface area contributed by atoms with E-state index in [0.29, 0.717) is 25.4 Å². The predicted octanol–water partition coefficient (Wildman–Crippen LogP) is 1.73. The number of amides is 1. The number of rotatable bonds is 3. The van der Waals surface area contributed by atoms with Gasteiger partial charge in [0.15, 0.2) is 5.13 Å². The number of carbonyl (C=O) groups is 1. The van der Waals surface area contributed by atoms with Crippen LogP contribution >= 0.6 is 11.3 Å². The van der Waals surface area contributed by atoms with Gasteiger partial charge in [-0.3, -0.25) is 9.78 Å². The maximum atomic E-state index is 12.6. The summed E-state index contributed by atoms with van der Waals surface area (Å²) in [5.41, 5.74) is 0.954. The summed E-state index contributed by atoms with van der Waals surface area (Å²) in [4.78, 5) is 27.0. The summed E-state index contributed by atoms with van der Waals surface area (Å²) < 4.78 is 6.08. The zero-order valence-corrected chi connectivity index (χ0v) is 14.3. The normalized spacial score (nSPS) is 26.2. The highest BCUT2D eigenvalue weighted by Crippen LogP contribution is 2.36. The second-order valence-corrected chi connectivity index (χ2v) is 7.29. The minimum Gasteiger partial charge on any atom is -0.371 e. The number of anilines is 1. The zero-order valence-electron chi connectivity index (χ0n) is 13.4. The third-order valence-electron chi connectivity index (χ3n) is 4.57. The van der Waals surface area contributed by atoms with Crippen LogP contribution < -0.4 is 5.32 Å². The highest BCUT2D eigenvalue weighted by molar-refractivity contribution is 7.13. The maximum absolute atomic E-state index is 12.6. The monoisotopic (exact) mass is 345 g/mol. The second-order valence-electron chi connectivity index (χ2n) is 6.40. The van der Waals surface area contributed by atoms with Crippen molar-refractivity contribution in [1.29, 1.82) is 0 Å². The van der Waals surface area contributed by atoms with Crippen LogP contribution in [0.5, 0.6) is 0 Å². The van der Waals surface area contributed by atoms with E-state index in [0.717, 1.165) is 23.7 Å². The molecular weight excluding hydrogens is 326 g/mol. The molecule has 2 aliphatic heterocycles.